The maximum absolute atomic E-state index is 12.4. The molecule has 2 aromatic heterocycles. The van der Waals surface area contributed by atoms with Gasteiger partial charge in [0.2, 0.25) is 5.91 Å². The molecular weight excluding hydrogens is 328 g/mol. The van der Waals surface area contributed by atoms with E-state index in [0.29, 0.717) is 12.2 Å². The lowest BCUT2D eigenvalue weighted by atomic mass is 10.1. The number of aromatic nitrogens is 3. The van der Waals surface area contributed by atoms with Gasteiger partial charge < -0.3 is 5.32 Å². The van der Waals surface area contributed by atoms with E-state index < -0.39 is 6.04 Å². The molecule has 6 heteroatoms. The molecule has 0 saturated carbocycles. The number of hydrogen-bond donors (Lipinski definition) is 1. The predicted molar refractivity (Wildman–Crippen MR) is 99.5 cm³/mol. The van der Waals surface area contributed by atoms with Crippen LogP contribution in [0.1, 0.15) is 24.1 Å². The van der Waals surface area contributed by atoms with E-state index in [1.54, 1.807) is 25.4 Å². The number of pyridine rings is 1. The average Bonchev–Trinajstić information content (AvgIpc) is 2.67. The van der Waals surface area contributed by atoms with Gasteiger partial charge in [0.15, 0.2) is 0 Å². The van der Waals surface area contributed by atoms with E-state index in [2.05, 4.69) is 15.4 Å². The summed E-state index contributed by atoms with van der Waals surface area (Å²) in [6.07, 6.45) is 3.36. The van der Waals surface area contributed by atoms with Crippen LogP contribution in [0.5, 0.6) is 0 Å². The van der Waals surface area contributed by atoms with Crippen molar-refractivity contribution in [1.29, 1.82) is 0 Å². The summed E-state index contributed by atoms with van der Waals surface area (Å²) < 4.78 is 1.22. The van der Waals surface area contributed by atoms with Crippen LogP contribution in [0.2, 0.25) is 0 Å². The fourth-order valence-corrected chi connectivity index (χ4v) is 2.53. The molecular formula is C20H20N4O2. The minimum Gasteiger partial charge on any atom is -0.350 e. The van der Waals surface area contributed by atoms with E-state index in [1.807, 2.05) is 43.3 Å². The monoisotopic (exact) mass is 348 g/mol. The van der Waals surface area contributed by atoms with Gasteiger partial charge in [0, 0.05) is 30.6 Å². The summed E-state index contributed by atoms with van der Waals surface area (Å²) >= 11 is 0. The van der Waals surface area contributed by atoms with Gasteiger partial charge in [-0.15, -0.1) is 0 Å². The van der Waals surface area contributed by atoms with Crippen LogP contribution in [0.25, 0.3) is 11.3 Å². The second-order valence-electron chi connectivity index (χ2n) is 6.12. The minimum absolute atomic E-state index is 0.274. The molecule has 0 spiro atoms. The molecule has 1 aromatic carbocycles. The minimum atomic E-state index is -0.718. The van der Waals surface area contributed by atoms with Crippen molar-refractivity contribution in [3.8, 4) is 11.3 Å². The summed E-state index contributed by atoms with van der Waals surface area (Å²) in [6, 6.07) is 13.9. The number of hydrogen-bond acceptors (Lipinski definition) is 4. The van der Waals surface area contributed by atoms with Crippen molar-refractivity contribution in [2.75, 3.05) is 0 Å². The first kappa shape index (κ1) is 17.5. The molecule has 0 aliphatic rings. The number of carbonyl (C=O) groups is 1. The van der Waals surface area contributed by atoms with Gasteiger partial charge in [0.1, 0.15) is 6.04 Å². The van der Waals surface area contributed by atoms with Crippen molar-refractivity contribution in [2.45, 2.75) is 26.4 Å². The van der Waals surface area contributed by atoms with Crippen molar-refractivity contribution in [2.24, 2.45) is 0 Å². The topological polar surface area (TPSA) is 76.9 Å². The number of benzene rings is 1. The molecule has 0 unspecified atom stereocenters. The lowest BCUT2D eigenvalue weighted by Crippen LogP contribution is -2.36. The summed E-state index contributed by atoms with van der Waals surface area (Å²) in [4.78, 5) is 28.6. The number of nitrogens with one attached hydrogen (secondary N) is 1. The molecule has 3 aromatic rings. The molecule has 26 heavy (non-hydrogen) atoms. The fourth-order valence-electron chi connectivity index (χ4n) is 2.53. The number of nitrogens with zero attached hydrogens (tertiary/aromatic N) is 3. The van der Waals surface area contributed by atoms with E-state index in [4.69, 9.17) is 0 Å². The Labute approximate surface area is 151 Å². The van der Waals surface area contributed by atoms with Crippen LogP contribution < -0.4 is 10.9 Å². The number of aryl methyl sites for hydroxylation is 1. The van der Waals surface area contributed by atoms with Crippen molar-refractivity contribution < 1.29 is 4.79 Å². The summed E-state index contributed by atoms with van der Waals surface area (Å²) in [5.74, 6) is -0.274. The molecule has 0 aliphatic heterocycles. The first-order valence-corrected chi connectivity index (χ1v) is 8.38. The average molecular weight is 348 g/mol. The van der Waals surface area contributed by atoms with E-state index in [9.17, 15) is 9.59 Å². The third kappa shape index (κ3) is 4.03. The highest BCUT2D eigenvalue weighted by atomic mass is 16.2. The van der Waals surface area contributed by atoms with Gasteiger partial charge in [0.25, 0.3) is 5.56 Å². The van der Waals surface area contributed by atoms with Gasteiger partial charge in [-0.3, -0.25) is 14.6 Å². The van der Waals surface area contributed by atoms with Gasteiger partial charge >= 0.3 is 0 Å². The largest absolute Gasteiger partial charge is 0.350 e. The number of rotatable bonds is 5. The second-order valence-corrected chi connectivity index (χ2v) is 6.12. The Morgan fingerprint density at radius 1 is 1.15 bits per heavy atom. The molecule has 0 aliphatic carbocycles. The maximum Gasteiger partial charge on any atom is 0.267 e. The molecule has 6 nitrogen and oxygen atoms in total. The molecule has 132 valence electrons. The van der Waals surface area contributed by atoms with Gasteiger partial charge in [-0.2, -0.15) is 5.10 Å². The number of carbonyl (C=O) groups excluding carboxylic acids is 1. The molecule has 0 radical (unpaired) electrons. The molecule has 0 fully saturated rings. The van der Waals surface area contributed by atoms with Gasteiger partial charge in [0.05, 0.1) is 5.69 Å². The third-order valence-corrected chi connectivity index (χ3v) is 4.11. The van der Waals surface area contributed by atoms with E-state index in [-0.39, 0.29) is 11.5 Å². The zero-order valence-electron chi connectivity index (χ0n) is 14.7. The van der Waals surface area contributed by atoms with Gasteiger partial charge in [-0.1, -0.05) is 35.9 Å². The maximum atomic E-state index is 12.4. The van der Waals surface area contributed by atoms with E-state index >= 15 is 0 Å². The van der Waals surface area contributed by atoms with Crippen LogP contribution in [0, 0.1) is 6.92 Å². The zero-order chi connectivity index (χ0) is 18.5. The molecule has 2 heterocycles. The van der Waals surface area contributed by atoms with E-state index in [0.717, 1.165) is 16.7 Å². The highest BCUT2D eigenvalue weighted by Gasteiger charge is 2.17. The van der Waals surface area contributed by atoms with Crippen molar-refractivity contribution in [3.05, 3.63) is 82.4 Å². The molecule has 0 saturated heterocycles. The standard InChI is InChI=1S/C20H20N4O2/c1-14-5-7-17(8-6-14)18-9-10-19(25)24(23-18)15(2)20(26)22-13-16-4-3-11-21-12-16/h3-12,15H,13H2,1-2H3,(H,22,26)/t15-/m0/s1. The Kier molecular flexibility index (Phi) is 5.22. The SMILES string of the molecule is Cc1ccc(-c2ccc(=O)n([C@@H](C)C(=O)NCc3cccnc3)n2)cc1. The molecule has 1 N–H and O–H groups in total. The van der Waals surface area contributed by atoms with Crippen molar-refractivity contribution >= 4 is 5.91 Å². The quantitative estimate of drug-likeness (QED) is 0.768. The normalized spacial score (nSPS) is 11.8. The Morgan fingerprint density at radius 3 is 2.62 bits per heavy atom. The van der Waals surface area contributed by atoms with Gasteiger partial charge in [-0.25, -0.2) is 4.68 Å². The molecule has 3 rings (SSSR count). The van der Waals surface area contributed by atoms with Crippen LogP contribution >= 0.6 is 0 Å². The lowest BCUT2D eigenvalue weighted by Gasteiger charge is -2.15. The summed E-state index contributed by atoms with van der Waals surface area (Å²) in [5, 5.41) is 7.19. The van der Waals surface area contributed by atoms with E-state index in [1.165, 1.54) is 10.7 Å². The smallest absolute Gasteiger partial charge is 0.267 e. The van der Waals surface area contributed by atoms with Crippen LogP contribution in [0.4, 0.5) is 0 Å². The summed E-state index contributed by atoms with van der Waals surface area (Å²) in [6.45, 7) is 4.02. The predicted octanol–water partition coefficient (Wildman–Crippen LogP) is 2.49. The Balaban J connectivity index is 1.78. The molecule has 0 bridgehead atoms. The Morgan fingerprint density at radius 2 is 1.92 bits per heavy atom. The summed E-state index contributed by atoms with van der Waals surface area (Å²) in [7, 11) is 0. The van der Waals surface area contributed by atoms with Gasteiger partial charge in [-0.05, 0) is 31.5 Å². The molecule has 1 atom stereocenters. The van der Waals surface area contributed by atoms with Crippen LogP contribution in [-0.2, 0) is 11.3 Å². The molecule has 1 amide bonds. The Hall–Kier alpha value is -3.28. The highest BCUT2D eigenvalue weighted by molar-refractivity contribution is 5.79. The number of amides is 1. The Bertz CT molecular complexity index is 950. The third-order valence-electron chi connectivity index (χ3n) is 4.11. The van der Waals surface area contributed by atoms with Crippen LogP contribution in [0.15, 0.2) is 65.7 Å². The first-order chi connectivity index (χ1) is 12.5. The second kappa shape index (κ2) is 7.74. The van der Waals surface area contributed by atoms with Crippen molar-refractivity contribution in [1.82, 2.24) is 20.1 Å². The zero-order valence-corrected chi connectivity index (χ0v) is 14.7. The first-order valence-electron chi connectivity index (χ1n) is 8.38. The fraction of sp³-hybridized carbons (Fsp3) is 0.200. The highest BCUT2D eigenvalue weighted by Crippen LogP contribution is 2.16. The lowest BCUT2D eigenvalue weighted by molar-refractivity contribution is -0.124. The van der Waals surface area contributed by atoms with Crippen LogP contribution in [-0.4, -0.2) is 20.7 Å². The summed E-state index contributed by atoms with van der Waals surface area (Å²) in [5.41, 5.74) is 3.26. The van der Waals surface area contributed by atoms with Crippen molar-refractivity contribution in [3.63, 3.8) is 0 Å². The van der Waals surface area contributed by atoms with Crippen LogP contribution in [0.3, 0.4) is 0 Å².